The molecule has 28 heavy (non-hydrogen) atoms. The van der Waals surface area contributed by atoms with Crippen LogP contribution in [0.15, 0.2) is 36.4 Å². The first kappa shape index (κ1) is 20.0. The maximum atomic E-state index is 13.7. The summed E-state index contributed by atoms with van der Waals surface area (Å²) in [5.74, 6) is -2.58. The van der Waals surface area contributed by atoms with Crippen LogP contribution in [-0.4, -0.2) is 11.8 Å². The molecule has 0 unspecified atom stereocenters. The minimum atomic E-state index is -0.796. The summed E-state index contributed by atoms with van der Waals surface area (Å²) >= 11 is 0. The highest BCUT2D eigenvalue weighted by molar-refractivity contribution is 5.95. The molecule has 2 aromatic rings. The van der Waals surface area contributed by atoms with Crippen molar-refractivity contribution in [3.8, 4) is 0 Å². The van der Waals surface area contributed by atoms with E-state index in [2.05, 4.69) is 10.6 Å². The number of hydrogen-bond donors (Lipinski definition) is 2. The van der Waals surface area contributed by atoms with Crippen LogP contribution in [0.4, 0.5) is 20.2 Å². The maximum Gasteiger partial charge on any atom is 0.227 e. The Labute approximate surface area is 163 Å². The molecule has 0 aliphatic heterocycles. The van der Waals surface area contributed by atoms with Crippen molar-refractivity contribution in [3.05, 3.63) is 59.2 Å². The van der Waals surface area contributed by atoms with Gasteiger partial charge in [0.2, 0.25) is 11.8 Å². The van der Waals surface area contributed by atoms with Gasteiger partial charge in [-0.15, -0.1) is 0 Å². The Morgan fingerprint density at radius 3 is 1.93 bits per heavy atom. The van der Waals surface area contributed by atoms with Crippen LogP contribution in [0.25, 0.3) is 0 Å². The predicted molar refractivity (Wildman–Crippen MR) is 105 cm³/mol. The Morgan fingerprint density at radius 1 is 0.857 bits per heavy atom. The predicted octanol–water partition coefficient (Wildman–Crippen LogP) is 4.97. The standard InChI is InChI=1S/C22H24F2N2O2/c1-13-6-11-19(14(2)12-13)25-21(27)15-7-9-16(10-8-15)22(28)26-20-17(23)4-3-5-18(20)24/h3-6,11-12,15-16H,7-10H2,1-2H3,(H,25,27)(H,26,28). The average molecular weight is 386 g/mol. The molecule has 1 fully saturated rings. The minimum Gasteiger partial charge on any atom is -0.326 e. The summed E-state index contributed by atoms with van der Waals surface area (Å²) in [4.78, 5) is 24.9. The van der Waals surface area contributed by atoms with Gasteiger partial charge in [0, 0.05) is 17.5 Å². The lowest BCUT2D eigenvalue weighted by atomic mass is 9.81. The highest BCUT2D eigenvalue weighted by Gasteiger charge is 2.30. The van der Waals surface area contributed by atoms with Crippen LogP contribution >= 0.6 is 0 Å². The third-order valence-corrected chi connectivity index (χ3v) is 5.32. The van der Waals surface area contributed by atoms with Crippen molar-refractivity contribution in [2.24, 2.45) is 11.8 Å². The molecule has 0 aromatic heterocycles. The molecule has 2 aromatic carbocycles. The van der Waals surface area contributed by atoms with Crippen LogP contribution in [-0.2, 0) is 9.59 Å². The fourth-order valence-electron chi connectivity index (χ4n) is 3.65. The molecule has 1 aliphatic rings. The second-order valence-electron chi connectivity index (χ2n) is 7.44. The number of rotatable bonds is 4. The van der Waals surface area contributed by atoms with Gasteiger partial charge in [0.1, 0.15) is 17.3 Å². The molecular formula is C22H24F2N2O2. The number of halogens is 2. The normalized spacial score (nSPS) is 19.1. The molecule has 148 valence electrons. The van der Waals surface area contributed by atoms with Gasteiger partial charge < -0.3 is 10.6 Å². The molecule has 2 N–H and O–H groups in total. The van der Waals surface area contributed by atoms with Crippen molar-refractivity contribution >= 4 is 23.2 Å². The molecule has 2 amide bonds. The topological polar surface area (TPSA) is 58.2 Å². The fraction of sp³-hybridized carbons (Fsp3) is 0.364. The van der Waals surface area contributed by atoms with Gasteiger partial charge in [-0.05, 0) is 63.3 Å². The molecule has 0 bridgehead atoms. The van der Waals surface area contributed by atoms with E-state index in [9.17, 15) is 18.4 Å². The molecule has 0 heterocycles. The van der Waals surface area contributed by atoms with E-state index in [0.717, 1.165) is 28.9 Å². The van der Waals surface area contributed by atoms with Gasteiger partial charge in [-0.2, -0.15) is 0 Å². The molecule has 0 radical (unpaired) electrons. The van der Waals surface area contributed by atoms with Gasteiger partial charge in [-0.25, -0.2) is 8.78 Å². The summed E-state index contributed by atoms with van der Waals surface area (Å²) in [5, 5.41) is 5.32. The van der Waals surface area contributed by atoms with E-state index < -0.39 is 23.2 Å². The number of carbonyl (C=O) groups is 2. The van der Waals surface area contributed by atoms with Gasteiger partial charge >= 0.3 is 0 Å². The van der Waals surface area contributed by atoms with Gasteiger partial charge in [0.05, 0.1) is 0 Å². The molecule has 4 nitrogen and oxygen atoms in total. The van der Waals surface area contributed by atoms with Crippen LogP contribution < -0.4 is 10.6 Å². The second kappa shape index (κ2) is 8.50. The van der Waals surface area contributed by atoms with Crippen molar-refractivity contribution in [3.63, 3.8) is 0 Å². The largest absolute Gasteiger partial charge is 0.326 e. The number of nitrogens with one attached hydrogen (secondary N) is 2. The second-order valence-corrected chi connectivity index (χ2v) is 7.44. The van der Waals surface area contributed by atoms with E-state index in [-0.39, 0.29) is 17.7 Å². The van der Waals surface area contributed by atoms with Gasteiger partial charge in [-0.1, -0.05) is 23.8 Å². The van der Waals surface area contributed by atoms with Crippen LogP contribution in [0.3, 0.4) is 0 Å². The summed E-state index contributed by atoms with van der Waals surface area (Å²) in [6.07, 6.45) is 2.14. The number of para-hydroxylation sites is 1. The van der Waals surface area contributed by atoms with Gasteiger partial charge in [0.15, 0.2) is 0 Å². The van der Waals surface area contributed by atoms with E-state index in [1.807, 2.05) is 32.0 Å². The van der Waals surface area contributed by atoms with Crippen LogP contribution in [0.2, 0.25) is 0 Å². The van der Waals surface area contributed by atoms with Crippen LogP contribution in [0.1, 0.15) is 36.8 Å². The first-order chi connectivity index (χ1) is 13.3. The van der Waals surface area contributed by atoms with Gasteiger partial charge in [0.25, 0.3) is 0 Å². The van der Waals surface area contributed by atoms with Crippen LogP contribution in [0.5, 0.6) is 0 Å². The van der Waals surface area contributed by atoms with E-state index in [4.69, 9.17) is 0 Å². The SMILES string of the molecule is Cc1ccc(NC(=O)C2CCC(C(=O)Nc3c(F)cccc3F)CC2)c(C)c1. The molecule has 1 saturated carbocycles. The lowest BCUT2D eigenvalue weighted by Crippen LogP contribution is -2.32. The summed E-state index contributed by atoms with van der Waals surface area (Å²) in [7, 11) is 0. The average Bonchev–Trinajstić information content (AvgIpc) is 2.67. The summed E-state index contributed by atoms with van der Waals surface area (Å²) in [5.41, 5.74) is 2.52. The van der Waals surface area contributed by atoms with Crippen molar-refractivity contribution in [1.82, 2.24) is 0 Å². The Kier molecular flexibility index (Phi) is 6.07. The zero-order chi connectivity index (χ0) is 20.3. The first-order valence-corrected chi connectivity index (χ1v) is 9.48. The molecule has 6 heteroatoms. The Morgan fingerprint density at radius 2 is 1.39 bits per heavy atom. The molecular weight excluding hydrogens is 362 g/mol. The zero-order valence-electron chi connectivity index (χ0n) is 16.0. The van der Waals surface area contributed by atoms with Crippen molar-refractivity contribution in [1.29, 1.82) is 0 Å². The van der Waals surface area contributed by atoms with Crippen molar-refractivity contribution < 1.29 is 18.4 Å². The third-order valence-electron chi connectivity index (χ3n) is 5.32. The Hall–Kier alpha value is -2.76. The highest BCUT2D eigenvalue weighted by atomic mass is 19.1. The Balaban J connectivity index is 1.55. The summed E-state index contributed by atoms with van der Waals surface area (Å²) < 4.78 is 27.4. The maximum absolute atomic E-state index is 13.7. The lowest BCUT2D eigenvalue weighted by Gasteiger charge is -2.27. The molecule has 0 atom stereocenters. The number of carbonyl (C=O) groups excluding carboxylic acids is 2. The minimum absolute atomic E-state index is 0.0500. The monoisotopic (exact) mass is 386 g/mol. The molecule has 1 aliphatic carbocycles. The highest BCUT2D eigenvalue weighted by Crippen LogP contribution is 2.31. The summed E-state index contributed by atoms with van der Waals surface area (Å²) in [6, 6.07) is 9.31. The molecule has 0 saturated heterocycles. The third kappa shape index (κ3) is 4.55. The number of benzene rings is 2. The number of aryl methyl sites for hydroxylation is 2. The van der Waals surface area contributed by atoms with E-state index >= 15 is 0 Å². The van der Waals surface area contributed by atoms with Crippen LogP contribution in [0, 0.1) is 37.3 Å². The van der Waals surface area contributed by atoms with E-state index in [1.165, 1.54) is 6.07 Å². The molecule has 0 spiro atoms. The first-order valence-electron chi connectivity index (χ1n) is 9.48. The lowest BCUT2D eigenvalue weighted by molar-refractivity contribution is -0.125. The quantitative estimate of drug-likeness (QED) is 0.780. The Bertz CT molecular complexity index is 870. The number of hydrogen-bond acceptors (Lipinski definition) is 2. The number of amides is 2. The van der Waals surface area contributed by atoms with E-state index in [0.29, 0.717) is 25.7 Å². The van der Waals surface area contributed by atoms with Crippen molar-refractivity contribution in [2.45, 2.75) is 39.5 Å². The number of anilines is 2. The zero-order valence-corrected chi connectivity index (χ0v) is 16.0. The summed E-state index contributed by atoms with van der Waals surface area (Å²) in [6.45, 7) is 3.95. The smallest absolute Gasteiger partial charge is 0.227 e. The van der Waals surface area contributed by atoms with Gasteiger partial charge in [-0.3, -0.25) is 9.59 Å². The van der Waals surface area contributed by atoms with E-state index in [1.54, 1.807) is 0 Å². The van der Waals surface area contributed by atoms with Crippen molar-refractivity contribution in [2.75, 3.05) is 10.6 Å². The fourth-order valence-corrected chi connectivity index (χ4v) is 3.65. The molecule has 3 rings (SSSR count).